The van der Waals surface area contributed by atoms with Crippen LogP contribution in [0.25, 0.3) is 0 Å². The van der Waals surface area contributed by atoms with Gasteiger partial charge in [-0.1, -0.05) is 30.3 Å². The summed E-state index contributed by atoms with van der Waals surface area (Å²) in [5.74, 6) is 0.525. The summed E-state index contributed by atoms with van der Waals surface area (Å²) < 4.78 is 10.9. The van der Waals surface area contributed by atoms with E-state index >= 15 is 0 Å². The molecule has 0 aliphatic carbocycles. The van der Waals surface area contributed by atoms with Gasteiger partial charge in [0.25, 0.3) is 11.8 Å². The highest BCUT2D eigenvalue weighted by molar-refractivity contribution is 5.98. The fourth-order valence-corrected chi connectivity index (χ4v) is 3.79. The minimum Gasteiger partial charge on any atom is -0.493 e. The minimum absolute atomic E-state index is 0.0279. The van der Waals surface area contributed by atoms with E-state index in [2.05, 4.69) is 5.32 Å². The van der Waals surface area contributed by atoms with Gasteiger partial charge in [-0.25, -0.2) is 0 Å². The van der Waals surface area contributed by atoms with Crippen LogP contribution >= 0.6 is 0 Å². The Morgan fingerprint density at radius 2 is 1.69 bits per heavy atom. The monoisotopic (exact) mass is 438 g/mol. The standard InChI is InChI=1S/C25H30N2O5/c1-17(2)26-23(28)16-32-21-10-9-20(15-22(21)31-3)25(30)27-13-11-19(12-14-27)24(29)18-7-5-4-6-8-18/h4-10,15,17,19H,11-14,16H2,1-3H3,(H,26,28). The summed E-state index contributed by atoms with van der Waals surface area (Å²) in [4.78, 5) is 39.2. The number of nitrogens with zero attached hydrogens (tertiary/aromatic N) is 1. The Kier molecular flexibility index (Phi) is 7.87. The number of likely N-dealkylation sites (tertiary alicyclic amines) is 1. The van der Waals surface area contributed by atoms with Gasteiger partial charge in [0.2, 0.25) is 0 Å². The summed E-state index contributed by atoms with van der Waals surface area (Å²) >= 11 is 0. The highest BCUT2D eigenvalue weighted by atomic mass is 16.5. The molecule has 0 atom stereocenters. The molecule has 0 radical (unpaired) electrons. The van der Waals surface area contributed by atoms with Gasteiger partial charge in [-0.2, -0.15) is 0 Å². The molecule has 0 bridgehead atoms. The van der Waals surface area contributed by atoms with Crippen LogP contribution in [-0.2, 0) is 4.79 Å². The lowest BCUT2D eigenvalue weighted by Gasteiger charge is -2.31. The van der Waals surface area contributed by atoms with Crippen LogP contribution in [0.2, 0.25) is 0 Å². The summed E-state index contributed by atoms with van der Waals surface area (Å²) in [6.45, 7) is 4.67. The number of hydrogen-bond donors (Lipinski definition) is 1. The SMILES string of the molecule is COc1cc(C(=O)N2CCC(C(=O)c3ccccc3)CC2)ccc1OCC(=O)NC(C)C. The topological polar surface area (TPSA) is 84.9 Å². The maximum atomic E-state index is 13.0. The molecule has 2 amide bonds. The molecule has 2 aromatic carbocycles. The van der Waals surface area contributed by atoms with Gasteiger partial charge >= 0.3 is 0 Å². The van der Waals surface area contributed by atoms with Crippen molar-refractivity contribution in [1.29, 1.82) is 0 Å². The first-order valence-corrected chi connectivity index (χ1v) is 10.9. The normalized spacial score (nSPS) is 14.2. The van der Waals surface area contributed by atoms with E-state index in [9.17, 15) is 14.4 Å². The molecular formula is C25H30N2O5. The zero-order chi connectivity index (χ0) is 23.1. The van der Waals surface area contributed by atoms with Crippen molar-refractivity contribution >= 4 is 17.6 Å². The molecule has 0 aromatic heterocycles. The van der Waals surface area contributed by atoms with Crippen molar-refractivity contribution in [2.75, 3.05) is 26.8 Å². The Balaban J connectivity index is 1.59. The largest absolute Gasteiger partial charge is 0.493 e. The van der Waals surface area contributed by atoms with E-state index < -0.39 is 0 Å². The lowest BCUT2D eigenvalue weighted by atomic mass is 9.88. The third kappa shape index (κ3) is 5.87. The van der Waals surface area contributed by atoms with E-state index in [1.807, 2.05) is 44.2 Å². The number of ketones is 1. The maximum absolute atomic E-state index is 13.0. The average Bonchev–Trinajstić information content (AvgIpc) is 2.82. The second kappa shape index (κ2) is 10.8. The number of benzene rings is 2. The van der Waals surface area contributed by atoms with Crippen molar-refractivity contribution in [3.8, 4) is 11.5 Å². The van der Waals surface area contributed by atoms with E-state index in [-0.39, 0.29) is 36.2 Å². The Morgan fingerprint density at radius 3 is 2.31 bits per heavy atom. The van der Waals surface area contributed by atoms with Gasteiger partial charge < -0.3 is 19.7 Å². The van der Waals surface area contributed by atoms with Crippen LogP contribution in [0.3, 0.4) is 0 Å². The molecule has 0 spiro atoms. The minimum atomic E-state index is -0.227. The number of Topliss-reactive ketones (excluding diaryl/α,β-unsaturated/α-hetero) is 1. The van der Waals surface area contributed by atoms with Gasteiger partial charge in [0.15, 0.2) is 23.9 Å². The molecule has 7 heteroatoms. The summed E-state index contributed by atoms with van der Waals surface area (Å²) in [6, 6.07) is 14.3. The first-order valence-electron chi connectivity index (χ1n) is 10.9. The Hall–Kier alpha value is -3.35. The van der Waals surface area contributed by atoms with Gasteiger partial charge in [0.1, 0.15) is 0 Å². The third-order valence-electron chi connectivity index (χ3n) is 5.43. The summed E-state index contributed by atoms with van der Waals surface area (Å²) in [5.41, 5.74) is 1.20. The molecule has 1 heterocycles. The second-order valence-corrected chi connectivity index (χ2v) is 8.17. The lowest BCUT2D eigenvalue weighted by molar-refractivity contribution is -0.123. The molecule has 7 nitrogen and oxygen atoms in total. The van der Waals surface area contributed by atoms with Crippen molar-refractivity contribution in [3.05, 3.63) is 59.7 Å². The fraction of sp³-hybridized carbons (Fsp3) is 0.400. The predicted octanol–water partition coefficient (Wildman–Crippen LogP) is 3.33. The van der Waals surface area contributed by atoms with Gasteiger partial charge in [0.05, 0.1) is 7.11 Å². The van der Waals surface area contributed by atoms with Crippen molar-refractivity contribution < 1.29 is 23.9 Å². The molecule has 1 aliphatic rings. The van der Waals surface area contributed by atoms with E-state index in [0.29, 0.717) is 43.0 Å². The first kappa shape index (κ1) is 23.3. The van der Waals surface area contributed by atoms with Crippen molar-refractivity contribution in [2.24, 2.45) is 5.92 Å². The van der Waals surface area contributed by atoms with E-state index in [0.717, 1.165) is 5.56 Å². The van der Waals surface area contributed by atoms with Crippen LogP contribution in [0.4, 0.5) is 0 Å². The Morgan fingerprint density at radius 1 is 1.00 bits per heavy atom. The number of rotatable bonds is 8. The lowest BCUT2D eigenvalue weighted by Crippen LogP contribution is -2.40. The first-order chi connectivity index (χ1) is 15.4. The average molecular weight is 439 g/mol. The van der Waals surface area contributed by atoms with Crippen LogP contribution in [0.1, 0.15) is 47.4 Å². The van der Waals surface area contributed by atoms with Gasteiger partial charge in [-0.15, -0.1) is 0 Å². The van der Waals surface area contributed by atoms with Crippen LogP contribution in [-0.4, -0.2) is 55.3 Å². The molecule has 1 aliphatic heterocycles. The van der Waals surface area contributed by atoms with Crippen LogP contribution in [0.15, 0.2) is 48.5 Å². The van der Waals surface area contributed by atoms with E-state index in [4.69, 9.17) is 9.47 Å². The molecule has 2 aromatic rings. The third-order valence-corrected chi connectivity index (χ3v) is 5.43. The molecule has 32 heavy (non-hydrogen) atoms. The van der Waals surface area contributed by atoms with Crippen molar-refractivity contribution in [1.82, 2.24) is 10.2 Å². The number of carbonyl (C=O) groups is 3. The number of ether oxygens (including phenoxy) is 2. The smallest absolute Gasteiger partial charge is 0.258 e. The van der Waals surface area contributed by atoms with Crippen LogP contribution in [0.5, 0.6) is 11.5 Å². The molecule has 1 N–H and O–H groups in total. The number of carbonyl (C=O) groups excluding carboxylic acids is 3. The number of hydrogen-bond acceptors (Lipinski definition) is 5. The van der Waals surface area contributed by atoms with Gasteiger partial charge in [-0.3, -0.25) is 14.4 Å². The summed E-state index contributed by atoms with van der Waals surface area (Å²) in [7, 11) is 1.49. The maximum Gasteiger partial charge on any atom is 0.258 e. The molecular weight excluding hydrogens is 408 g/mol. The molecule has 3 rings (SSSR count). The number of piperidine rings is 1. The summed E-state index contributed by atoms with van der Waals surface area (Å²) in [5, 5.41) is 2.76. The van der Waals surface area contributed by atoms with Crippen LogP contribution in [0, 0.1) is 5.92 Å². The van der Waals surface area contributed by atoms with Crippen molar-refractivity contribution in [3.63, 3.8) is 0 Å². The molecule has 1 saturated heterocycles. The molecule has 0 saturated carbocycles. The molecule has 170 valence electrons. The highest BCUT2D eigenvalue weighted by Crippen LogP contribution is 2.29. The number of amides is 2. The van der Waals surface area contributed by atoms with E-state index in [1.54, 1.807) is 23.1 Å². The molecule has 0 unspecified atom stereocenters. The van der Waals surface area contributed by atoms with E-state index in [1.165, 1.54) is 7.11 Å². The Labute approximate surface area is 188 Å². The van der Waals surface area contributed by atoms with Crippen LogP contribution < -0.4 is 14.8 Å². The van der Waals surface area contributed by atoms with Crippen molar-refractivity contribution in [2.45, 2.75) is 32.7 Å². The second-order valence-electron chi connectivity index (χ2n) is 8.17. The Bertz CT molecular complexity index is 950. The predicted molar refractivity (Wildman–Crippen MR) is 121 cm³/mol. The zero-order valence-corrected chi connectivity index (χ0v) is 18.8. The van der Waals surface area contributed by atoms with Gasteiger partial charge in [0, 0.05) is 36.2 Å². The highest BCUT2D eigenvalue weighted by Gasteiger charge is 2.28. The fourth-order valence-electron chi connectivity index (χ4n) is 3.79. The number of methoxy groups -OCH3 is 1. The summed E-state index contributed by atoms with van der Waals surface area (Å²) in [6.07, 6.45) is 1.28. The zero-order valence-electron chi connectivity index (χ0n) is 18.8. The quantitative estimate of drug-likeness (QED) is 0.639. The number of nitrogens with one attached hydrogen (secondary N) is 1. The molecule has 1 fully saturated rings. The van der Waals surface area contributed by atoms with Gasteiger partial charge in [-0.05, 0) is 44.9 Å².